The minimum atomic E-state index is -0.0899. The number of nitrogens with zero attached hydrogens (tertiary/aromatic N) is 2. The Hall–Kier alpha value is -2.05. The molecule has 0 saturated carbocycles. The van der Waals surface area contributed by atoms with E-state index >= 15 is 0 Å². The lowest BCUT2D eigenvalue weighted by Crippen LogP contribution is -2.26. The lowest BCUT2D eigenvalue weighted by atomic mass is 10.1. The lowest BCUT2D eigenvalue weighted by molar-refractivity contribution is 0.0943. The quantitative estimate of drug-likeness (QED) is 0.785. The fourth-order valence-corrected chi connectivity index (χ4v) is 3.86. The van der Waals surface area contributed by atoms with Crippen molar-refractivity contribution in [3.8, 4) is 9.88 Å². The molecule has 1 atom stereocenters. The molecule has 0 aromatic carbocycles. The standard InChI is InChI=1S/C16H15N3OS2/c1-10(12-5-3-7-17-9-12)18-15(20)14-11(2)19-16(22-14)13-6-4-8-21-13/h3-10H,1-2H3,(H,18,20). The Morgan fingerprint density at radius 1 is 1.32 bits per heavy atom. The second-order valence-electron chi connectivity index (χ2n) is 4.89. The highest BCUT2D eigenvalue weighted by Crippen LogP contribution is 2.31. The summed E-state index contributed by atoms with van der Waals surface area (Å²) in [4.78, 5) is 22.8. The molecule has 6 heteroatoms. The summed E-state index contributed by atoms with van der Waals surface area (Å²) in [5.74, 6) is -0.0887. The van der Waals surface area contributed by atoms with Crippen LogP contribution in [0, 0.1) is 6.92 Å². The zero-order valence-electron chi connectivity index (χ0n) is 12.2. The molecule has 22 heavy (non-hydrogen) atoms. The Morgan fingerprint density at radius 3 is 2.86 bits per heavy atom. The van der Waals surface area contributed by atoms with Crippen molar-refractivity contribution in [3.05, 3.63) is 58.2 Å². The number of hydrogen-bond donors (Lipinski definition) is 1. The van der Waals surface area contributed by atoms with Crippen molar-refractivity contribution in [1.82, 2.24) is 15.3 Å². The third kappa shape index (κ3) is 3.08. The van der Waals surface area contributed by atoms with E-state index in [1.54, 1.807) is 23.7 Å². The Balaban J connectivity index is 1.78. The number of rotatable bonds is 4. The molecule has 0 aliphatic rings. The van der Waals surface area contributed by atoms with Gasteiger partial charge in [0.1, 0.15) is 9.88 Å². The van der Waals surface area contributed by atoms with E-state index in [-0.39, 0.29) is 11.9 Å². The van der Waals surface area contributed by atoms with Crippen molar-refractivity contribution in [2.24, 2.45) is 0 Å². The molecule has 0 aliphatic carbocycles. The average Bonchev–Trinajstić information content (AvgIpc) is 3.17. The van der Waals surface area contributed by atoms with Crippen molar-refractivity contribution < 1.29 is 4.79 Å². The van der Waals surface area contributed by atoms with Gasteiger partial charge >= 0.3 is 0 Å². The van der Waals surface area contributed by atoms with Gasteiger partial charge in [-0.2, -0.15) is 0 Å². The average molecular weight is 329 g/mol. The number of hydrogen-bond acceptors (Lipinski definition) is 5. The molecule has 3 aromatic heterocycles. The number of pyridine rings is 1. The number of aryl methyl sites for hydroxylation is 1. The van der Waals surface area contributed by atoms with Gasteiger partial charge in [-0.3, -0.25) is 9.78 Å². The van der Waals surface area contributed by atoms with Crippen molar-refractivity contribution >= 4 is 28.6 Å². The number of thiazole rings is 1. The van der Waals surface area contributed by atoms with Crippen molar-refractivity contribution in [2.75, 3.05) is 0 Å². The summed E-state index contributed by atoms with van der Waals surface area (Å²) >= 11 is 3.06. The summed E-state index contributed by atoms with van der Waals surface area (Å²) in [6.45, 7) is 3.82. The lowest BCUT2D eigenvalue weighted by Gasteiger charge is -2.13. The molecular weight excluding hydrogens is 314 g/mol. The molecule has 0 fully saturated rings. The number of thiophene rings is 1. The molecule has 1 amide bonds. The van der Waals surface area contributed by atoms with Gasteiger partial charge in [0, 0.05) is 12.4 Å². The zero-order chi connectivity index (χ0) is 15.5. The maximum Gasteiger partial charge on any atom is 0.263 e. The van der Waals surface area contributed by atoms with Crippen LogP contribution in [0.2, 0.25) is 0 Å². The minimum Gasteiger partial charge on any atom is -0.345 e. The highest BCUT2D eigenvalue weighted by molar-refractivity contribution is 7.22. The fraction of sp³-hybridized carbons (Fsp3) is 0.188. The number of carbonyl (C=O) groups excluding carboxylic acids is 1. The van der Waals surface area contributed by atoms with Crippen LogP contribution in [0.25, 0.3) is 9.88 Å². The Kier molecular flexibility index (Phi) is 4.31. The van der Waals surface area contributed by atoms with E-state index in [2.05, 4.69) is 15.3 Å². The van der Waals surface area contributed by atoms with Gasteiger partial charge in [-0.1, -0.05) is 12.1 Å². The highest BCUT2D eigenvalue weighted by Gasteiger charge is 2.18. The highest BCUT2D eigenvalue weighted by atomic mass is 32.1. The van der Waals surface area contributed by atoms with Gasteiger partial charge in [0.2, 0.25) is 0 Å². The zero-order valence-corrected chi connectivity index (χ0v) is 13.9. The van der Waals surface area contributed by atoms with Crippen LogP contribution in [-0.4, -0.2) is 15.9 Å². The molecule has 3 aromatic rings. The maximum atomic E-state index is 12.5. The molecule has 0 aliphatic heterocycles. The molecule has 3 rings (SSSR count). The number of nitrogens with one attached hydrogen (secondary N) is 1. The molecule has 0 radical (unpaired) electrons. The van der Waals surface area contributed by atoms with Crippen LogP contribution in [0.4, 0.5) is 0 Å². The predicted molar refractivity (Wildman–Crippen MR) is 90.3 cm³/mol. The first-order valence-electron chi connectivity index (χ1n) is 6.87. The van der Waals surface area contributed by atoms with E-state index in [1.165, 1.54) is 11.3 Å². The van der Waals surface area contributed by atoms with Gasteiger partial charge in [0.05, 0.1) is 16.6 Å². The normalized spacial score (nSPS) is 12.1. The van der Waals surface area contributed by atoms with Crippen LogP contribution in [0.1, 0.15) is 33.9 Å². The third-order valence-corrected chi connectivity index (χ3v) is 5.46. The van der Waals surface area contributed by atoms with Gasteiger partial charge < -0.3 is 5.32 Å². The first kappa shape index (κ1) is 14.9. The smallest absolute Gasteiger partial charge is 0.263 e. The van der Waals surface area contributed by atoms with Crippen LogP contribution in [0.3, 0.4) is 0 Å². The van der Waals surface area contributed by atoms with Gasteiger partial charge in [0.15, 0.2) is 0 Å². The summed E-state index contributed by atoms with van der Waals surface area (Å²) in [6, 6.07) is 7.73. The van der Waals surface area contributed by atoms with Crippen LogP contribution in [0.5, 0.6) is 0 Å². The van der Waals surface area contributed by atoms with E-state index in [4.69, 9.17) is 0 Å². The summed E-state index contributed by atoms with van der Waals surface area (Å²) in [6.07, 6.45) is 3.49. The first-order valence-corrected chi connectivity index (χ1v) is 8.57. The van der Waals surface area contributed by atoms with Gasteiger partial charge in [-0.05, 0) is 36.9 Å². The van der Waals surface area contributed by atoms with E-state index in [0.29, 0.717) is 4.88 Å². The predicted octanol–water partition coefficient (Wildman–Crippen LogP) is 4.07. The van der Waals surface area contributed by atoms with Crippen molar-refractivity contribution in [2.45, 2.75) is 19.9 Å². The molecular formula is C16H15N3OS2. The molecule has 3 heterocycles. The van der Waals surface area contributed by atoms with E-state index in [1.807, 2.05) is 43.5 Å². The molecule has 0 bridgehead atoms. The van der Waals surface area contributed by atoms with Gasteiger partial charge in [-0.25, -0.2) is 4.98 Å². The van der Waals surface area contributed by atoms with E-state index in [0.717, 1.165) is 21.1 Å². The topological polar surface area (TPSA) is 54.9 Å². The maximum absolute atomic E-state index is 12.5. The summed E-state index contributed by atoms with van der Waals surface area (Å²) in [7, 11) is 0. The largest absolute Gasteiger partial charge is 0.345 e. The fourth-order valence-electron chi connectivity index (χ4n) is 2.09. The van der Waals surface area contributed by atoms with Gasteiger partial charge in [0.25, 0.3) is 5.91 Å². The Morgan fingerprint density at radius 2 is 2.18 bits per heavy atom. The van der Waals surface area contributed by atoms with Crippen LogP contribution in [0.15, 0.2) is 42.0 Å². The van der Waals surface area contributed by atoms with Crippen LogP contribution >= 0.6 is 22.7 Å². The van der Waals surface area contributed by atoms with Crippen molar-refractivity contribution in [3.63, 3.8) is 0 Å². The third-order valence-electron chi connectivity index (χ3n) is 3.27. The molecule has 1 N–H and O–H groups in total. The summed E-state index contributed by atoms with van der Waals surface area (Å²) in [5, 5.41) is 5.91. The van der Waals surface area contributed by atoms with Crippen LogP contribution in [-0.2, 0) is 0 Å². The SMILES string of the molecule is Cc1nc(-c2cccs2)sc1C(=O)NC(C)c1cccnc1. The summed E-state index contributed by atoms with van der Waals surface area (Å²) in [5.41, 5.74) is 1.75. The van der Waals surface area contributed by atoms with E-state index < -0.39 is 0 Å². The number of aromatic nitrogens is 2. The van der Waals surface area contributed by atoms with Crippen LogP contribution < -0.4 is 5.32 Å². The second kappa shape index (κ2) is 6.37. The molecule has 1 unspecified atom stereocenters. The summed E-state index contributed by atoms with van der Waals surface area (Å²) < 4.78 is 0. The number of carbonyl (C=O) groups is 1. The molecule has 0 spiro atoms. The number of amides is 1. The monoisotopic (exact) mass is 329 g/mol. The minimum absolute atomic E-state index is 0.0887. The van der Waals surface area contributed by atoms with E-state index in [9.17, 15) is 4.79 Å². The second-order valence-corrected chi connectivity index (χ2v) is 6.84. The van der Waals surface area contributed by atoms with Crippen molar-refractivity contribution in [1.29, 1.82) is 0 Å². The first-order chi connectivity index (χ1) is 10.6. The molecule has 0 saturated heterocycles. The Bertz CT molecular complexity index is 766. The Labute approximate surface area is 136 Å². The molecule has 112 valence electrons. The van der Waals surface area contributed by atoms with Gasteiger partial charge in [-0.15, -0.1) is 22.7 Å². The molecule has 4 nitrogen and oxygen atoms in total.